The predicted molar refractivity (Wildman–Crippen MR) is 74.8 cm³/mol. The Morgan fingerprint density at radius 3 is 2.75 bits per heavy atom. The van der Waals surface area contributed by atoms with Gasteiger partial charge in [-0.1, -0.05) is 0 Å². The summed E-state index contributed by atoms with van der Waals surface area (Å²) in [6.45, 7) is 4.79. The van der Waals surface area contributed by atoms with Crippen LogP contribution in [0.4, 0.5) is 0 Å². The van der Waals surface area contributed by atoms with E-state index in [-0.39, 0.29) is 10.6 Å². The molecule has 7 nitrogen and oxygen atoms in total. The molecule has 0 saturated carbocycles. The van der Waals surface area contributed by atoms with Crippen LogP contribution in [0.5, 0.6) is 0 Å². The lowest BCUT2D eigenvalue weighted by atomic mass is 10.4. The molecular formula is C11H16N4O3S2. The summed E-state index contributed by atoms with van der Waals surface area (Å²) in [7, 11) is -3.77. The number of hydrogen-bond donors (Lipinski definition) is 3. The Morgan fingerprint density at radius 1 is 1.50 bits per heavy atom. The molecule has 2 heterocycles. The first-order chi connectivity index (χ1) is 9.35. The van der Waals surface area contributed by atoms with Crippen molar-refractivity contribution in [1.82, 2.24) is 19.9 Å². The number of sulfonamides is 1. The molecule has 0 saturated heterocycles. The van der Waals surface area contributed by atoms with Gasteiger partial charge < -0.3 is 5.11 Å². The minimum atomic E-state index is -3.77. The van der Waals surface area contributed by atoms with Crippen LogP contribution in [0.1, 0.15) is 34.2 Å². The molecule has 2 aromatic rings. The quantitative estimate of drug-likeness (QED) is 0.763. The molecule has 0 aliphatic carbocycles. The van der Waals surface area contributed by atoms with Crippen LogP contribution in [0.15, 0.2) is 11.1 Å². The van der Waals surface area contributed by atoms with E-state index >= 15 is 0 Å². The number of hydrogen-bond acceptors (Lipinski definition) is 6. The van der Waals surface area contributed by atoms with Crippen LogP contribution in [0.3, 0.4) is 0 Å². The van der Waals surface area contributed by atoms with Gasteiger partial charge in [-0.05, 0) is 20.8 Å². The summed E-state index contributed by atoms with van der Waals surface area (Å²) >= 11 is 1.44. The molecule has 2 aromatic heterocycles. The van der Waals surface area contributed by atoms with Crippen LogP contribution in [0.2, 0.25) is 0 Å². The highest BCUT2D eigenvalue weighted by Gasteiger charge is 2.26. The predicted octanol–water partition coefficient (Wildman–Crippen LogP) is 1.01. The third kappa shape index (κ3) is 2.90. The lowest BCUT2D eigenvalue weighted by molar-refractivity contribution is 0.273. The molecule has 9 heteroatoms. The largest absolute Gasteiger partial charge is 0.390 e. The second-order valence-electron chi connectivity index (χ2n) is 4.43. The average Bonchev–Trinajstić information content (AvgIpc) is 2.94. The number of nitrogens with zero attached hydrogens (tertiary/aromatic N) is 2. The standard InChI is InChI=1S/C11H16N4O3S2/c1-6-4-12-11(19-6)8(3)15-20(17,18)10-7(2)13-14-9(10)5-16/h4,8,15-16H,5H2,1-3H3,(H,13,14). The zero-order valence-corrected chi connectivity index (χ0v) is 13.0. The maximum Gasteiger partial charge on any atom is 0.244 e. The normalized spacial score (nSPS) is 13.6. The number of aliphatic hydroxyl groups excluding tert-OH is 1. The van der Waals surface area contributed by atoms with Crippen molar-refractivity contribution in [3.63, 3.8) is 0 Å². The van der Waals surface area contributed by atoms with Crippen LogP contribution in [0, 0.1) is 13.8 Å². The van der Waals surface area contributed by atoms with Crippen LogP contribution >= 0.6 is 11.3 Å². The average molecular weight is 316 g/mol. The molecule has 0 aliphatic heterocycles. The van der Waals surface area contributed by atoms with Gasteiger partial charge in [0.1, 0.15) is 15.6 Å². The van der Waals surface area contributed by atoms with Crippen molar-refractivity contribution >= 4 is 21.4 Å². The fraction of sp³-hybridized carbons (Fsp3) is 0.455. The number of thiazole rings is 1. The molecule has 0 aromatic carbocycles. The van der Waals surface area contributed by atoms with Crippen molar-refractivity contribution in [3.8, 4) is 0 Å². The minimum absolute atomic E-state index is 0.000119. The summed E-state index contributed by atoms with van der Waals surface area (Å²) in [6, 6.07) is -0.445. The lowest BCUT2D eigenvalue weighted by Crippen LogP contribution is -2.28. The Balaban J connectivity index is 2.29. The number of aromatic nitrogens is 3. The molecule has 20 heavy (non-hydrogen) atoms. The van der Waals surface area contributed by atoms with Crippen molar-refractivity contribution in [3.05, 3.63) is 27.5 Å². The first-order valence-corrected chi connectivity index (χ1v) is 8.24. The maximum absolute atomic E-state index is 12.4. The summed E-state index contributed by atoms with van der Waals surface area (Å²) in [5.74, 6) is 0. The smallest absolute Gasteiger partial charge is 0.244 e. The molecule has 110 valence electrons. The fourth-order valence-electron chi connectivity index (χ4n) is 1.85. The number of rotatable bonds is 5. The zero-order valence-electron chi connectivity index (χ0n) is 11.3. The minimum Gasteiger partial charge on any atom is -0.390 e. The molecule has 0 aliphatic rings. The van der Waals surface area contributed by atoms with E-state index in [9.17, 15) is 8.42 Å². The molecule has 1 unspecified atom stereocenters. The number of nitrogens with one attached hydrogen (secondary N) is 2. The van der Waals surface area contributed by atoms with Gasteiger partial charge in [0.2, 0.25) is 10.0 Å². The molecule has 2 rings (SSSR count). The van der Waals surface area contributed by atoms with E-state index in [1.54, 1.807) is 20.0 Å². The second kappa shape index (κ2) is 5.60. The van der Waals surface area contributed by atoms with Gasteiger partial charge in [0.05, 0.1) is 18.3 Å². The van der Waals surface area contributed by atoms with Crippen LogP contribution in [0.25, 0.3) is 0 Å². The molecule has 1 atom stereocenters. The van der Waals surface area contributed by atoms with Crippen molar-refractivity contribution in [2.45, 2.75) is 38.3 Å². The Kier molecular flexibility index (Phi) is 4.23. The van der Waals surface area contributed by atoms with Crippen LogP contribution in [-0.4, -0.2) is 28.7 Å². The number of aromatic amines is 1. The molecule has 0 spiro atoms. The van der Waals surface area contributed by atoms with Crippen molar-refractivity contribution in [1.29, 1.82) is 0 Å². The highest BCUT2D eigenvalue weighted by atomic mass is 32.2. The number of H-pyrrole nitrogens is 1. The van der Waals surface area contributed by atoms with Gasteiger partial charge >= 0.3 is 0 Å². The van der Waals surface area contributed by atoms with Crippen molar-refractivity contribution in [2.75, 3.05) is 0 Å². The highest BCUT2D eigenvalue weighted by Crippen LogP contribution is 2.23. The Morgan fingerprint density at radius 2 is 2.20 bits per heavy atom. The first kappa shape index (κ1) is 15.1. The topological polar surface area (TPSA) is 108 Å². The van der Waals surface area contributed by atoms with E-state index in [4.69, 9.17) is 5.11 Å². The van der Waals surface area contributed by atoms with Crippen LogP contribution < -0.4 is 4.72 Å². The van der Waals surface area contributed by atoms with Gasteiger partial charge in [0.25, 0.3) is 0 Å². The summed E-state index contributed by atoms with van der Waals surface area (Å²) in [4.78, 5) is 5.18. The summed E-state index contributed by atoms with van der Waals surface area (Å²) in [5, 5.41) is 16.2. The third-order valence-electron chi connectivity index (χ3n) is 2.72. The lowest BCUT2D eigenvalue weighted by Gasteiger charge is -2.12. The zero-order chi connectivity index (χ0) is 14.9. The van der Waals surface area contributed by atoms with Gasteiger partial charge in [0, 0.05) is 11.1 Å². The number of aliphatic hydroxyl groups is 1. The fourth-order valence-corrected chi connectivity index (χ4v) is 4.26. The number of aryl methyl sites for hydroxylation is 2. The SMILES string of the molecule is Cc1cnc(C(C)NS(=O)(=O)c2c(CO)n[nH]c2C)s1. The molecule has 3 N–H and O–H groups in total. The van der Waals surface area contributed by atoms with E-state index in [2.05, 4.69) is 19.9 Å². The molecular weight excluding hydrogens is 300 g/mol. The van der Waals surface area contributed by atoms with E-state index in [1.807, 2.05) is 6.92 Å². The molecule has 0 radical (unpaired) electrons. The molecule has 0 fully saturated rings. The maximum atomic E-state index is 12.4. The highest BCUT2D eigenvalue weighted by molar-refractivity contribution is 7.89. The summed E-state index contributed by atoms with van der Waals surface area (Å²) in [6.07, 6.45) is 1.70. The van der Waals surface area contributed by atoms with Gasteiger partial charge in [-0.3, -0.25) is 5.10 Å². The monoisotopic (exact) mass is 316 g/mol. The van der Waals surface area contributed by atoms with Crippen molar-refractivity contribution in [2.24, 2.45) is 0 Å². The summed E-state index contributed by atoms with van der Waals surface area (Å²) < 4.78 is 27.3. The van der Waals surface area contributed by atoms with Gasteiger partial charge in [0.15, 0.2) is 0 Å². The van der Waals surface area contributed by atoms with Gasteiger partial charge in [-0.2, -0.15) is 5.10 Å². The van der Waals surface area contributed by atoms with Crippen molar-refractivity contribution < 1.29 is 13.5 Å². The second-order valence-corrected chi connectivity index (χ2v) is 7.35. The van der Waals surface area contributed by atoms with E-state index in [1.165, 1.54) is 11.3 Å². The molecule has 0 amide bonds. The Hall–Kier alpha value is -1.29. The third-order valence-corrected chi connectivity index (χ3v) is 5.56. The first-order valence-electron chi connectivity index (χ1n) is 5.94. The summed E-state index contributed by atoms with van der Waals surface area (Å²) in [5.41, 5.74) is 0.501. The van der Waals surface area contributed by atoms with E-state index in [0.717, 1.165) is 4.88 Å². The van der Waals surface area contributed by atoms with E-state index in [0.29, 0.717) is 10.7 Å². The molecule has 0 bridgehead atoms. The van der Waals surface area contributed by atoms with Gasteiger partial charge in [-0.25, -0.2) is 18.1 Å². The van der Waals surface area contributed by atoms with E-state index < -0.39 is 22.7 Å². The van der Waals surface area contributed by atoms with Crippen LogP contribution in [-0.2, 0) is 16.6 Å². The Bertz CT molecular complexity index is 705. The van der Waals surface area contributed by atoms with Gasteiger partial charge in [-0.15, -0.1) is 11.3 Å². The Labute approximate surface area is 121 Å².